The van der Waals surface area contributed by atoms with Gasteiger partial charge in [-0.25, -0.2) is 9.59 Å². The minimum atomic E-state index is -0.898. The predicted octanol–water partition coefficient (Wildman–Crippen LogP) is 2.77. The first-order valence-corrected chi connectivity index (χ1v) is 7.10. The van der Waals surface area contributed by atoms with Crippen molar-refractivity contribution in [1.29, 1.82) is 0 Å². The van der Waals surface area contributed by atoms with Gasteiger partial charge in [0.2, 0.25) is 0 Å². The normalized spacial score (nSPS) is 17.8. The van der Waals surface area contributed by atoms with Crippen LogP contribution in [0.25, 0.3) is 0 Å². The highest BCUT2D eigenvalue weighted by molar-refractivity contribution is 5.90. The van der Waals surface area contributed by atoms with Gasteiger partial charge in [0.05, 0.1) is 5.56 Å². The summed E-state index contributed by atoms with van der Waals surface area (Å²) in [5, 5.41) is 12.0. The van der Waals surface area contributed by atoms with Gasteiger partial charge < -0.3 is 15.2 Å². The van der Waals surface area contributed by atoms with E-state index in [0.29, 0.717) is 18.4 Å². The minimum absolute atomic E-state index is 0.0172. The second-order valence-electron chi connectivity index (χ2n) is 6.33. The molecular weight excluding hydrogens is 270 g/mol. The fraction of sp³-hybridized carbons (Fsp3) is 0.500. The number of rotatable bonds is 2. The second kappa shape index (κ2) is 5.76. The van der Waals surface area contributed by atoms with Crippen LogP contribution in [0.1, 0.15) is 48.7 Å². The average Bonchev–Trinajstić information content (AvgIpc) is 2.35. The van der Waals surface area contributed by atoms with Crippen molar-refractivity contribution in [2.75, 3.05) is 0 Å². The van der Waals surface area contributed by atoms with Gasteiger partial charge in [-0.1, -0.05) is 12.1 Å². The standard InChI is InChI=1S/C16H21NO4/c1-16(2,3)21-15(20)17-11-7-8-12-10(9-11)5-4-6-13(12)14(18)19/h4-6,11H,7-9H2,1-3H3,(H,17,20)(H,18,19). The van der Waals surface area contributed by atoms with Crippen LogP contribution in [-0.4, -0.2) is 28.8 Å². The van der Waals surface area contributed by atoms with Gasteiger partial charge in [-0.3, -0.25) is 0 Å². The van der Waals surface area contributed by atoms with E-state index in [9.17, 15) is 14.7 Å². The number of benzene rings is 1. The van der Waals surface area contributed by atoms with Gasteiger partial charge in [-0.05, 0) is 57.2 Å². The van der Waals surface area contributed by atoms with E-state index in [1.165, 1.54) is 0 Å². The Bertz CT molecular complexity index is 560. The molecule has 0 heterocycles. The van der Waals surface area contributed by atoms with Gasteiger partial charge in [-0.2, -0.15) is 0 Å². The molecule has 2 rings (SSSR count). The summed E-state index contributed by atoms with van der Waals surface area (Å²) in [6.07, 6.45) is 1.58. The number of carboxylic acids is 1. The number of amides is 1. The number of carbonyl (C=O) groups is 2. The lowest BCUT2D eigenvalue weighted by molar-refractivity contribution is 0.0499. The Balaban J connectivity index is 2.05. The van der Waals surface area contributed by atoms with Crippen LogP contribution in [0.3, 0.4) is 0 Å². The first-order valence-electron chi connectivity index (χ1n) is 7.10. The molecule has 1 aliphatic rings. The van der Waals surface area contributed by atoms with Crippen molar-refractivity contribution in [2.24, 2.45) is 0 Å². The third kappa shape index (κ3) is 3.97. The van der Waals surface area contributed by atoms with E-state index < -0.39 is 17.7 Å². The Labute approximate surface area is 124 Å². The third-order valence-electron chi connectivity index (χ3n) is 3.43. The fourth-order valence-corrected chi connectivity index (χ4v) is 2.60. The molecule has 5 heteroatoms. The molecule has 0 aromatic heterocycles. The molecule has 1 unspecified atom stereocenters. The SMILES string of the molecule is CC(C)(C)OC(=O)NC1CCc2c(cccc2C(=O)O)C1. The van der Waals surface area contributed by atoms with Crippen LogP contribution in [0.5, 0.6) is 0 Å². The number of carbonyl (C=O) groups excluding carboxylic acids is 1. The van der Waals surface area contributed by atoms with Crippen LogP contribution in [0.4, 0.5) is 4.79 Å². The topological polar surface area (TPSA) is 75.6 Å². The zero-order valence-electron chi connectivity index (χ0n) is 12.6. The Morgan fingerprint density at radius 3 is 2.67 bits per heavy atom. The molecule has 1 aromatic carbocycles. The molecule has 0 bridgehead atoms. The third-order valence-corrected chi connectivity index (χ3v) is 3.43. The molecule has 2 N–H and O–H groups in total. The van der Waals surface area contributed by atoms with Gasteiger partial charge in [0, 0.05) is 6.04 Å². The minimum Gasteiger partial charge on any atom is -0.478 e. The number of fused-ring (bicyclic) bond motifs is 1. The number of hydrogen-bond acceptors (Lipinski definition) is 3. The number of nitrogens with one attached hydrogen (secondary N) is 1. The number of aromatic carboxylic acids is 1. The summed E-state index contributed by atoms with van der Waals surface area (Å²) in [5.41, 5.74) is 1.71. The van der Waals surface area contributed by atoms with Gasteiger partial charge in [0.1, 0.15) is 5.60 Å². The maximum absolute atomic E-state index is 11.8. The highest BCUT2D eigenvalue weighted by Crippen LogP contribution is 2.25. The van der Waals surface area contributed by atoms with Crippen molar-refractivity contribution in [3.63, 3.8) is 0 Å². The van der Waals surface area contributed by atoms with Gasteiger partial charge in [0.25, 0.3) is 0 Å². The first kappa shape index (κ1) is 15.4. The van der Waals surface area contributed by atoms with Crippen molar-refractivity contribution in [2.45, 2.75) is 51.7 Å². The Morgan fingerprint density at radius 1 is 1.33 bits per heavy atom. The number of ether oxygens (including phenoxy) is 1. The Hall–Kier alpha value is -2.04. The number of alkyl carbamates (subject to hydrolysis) is 1. The van der Waals surface area contributed by atoms with Crippen molar-refractivity contribution in [3.05, 3.63) is 34.9 Å². The van der Waals surface area contributed by atoms with Gasteiger partial charge in [-0.15, -0.1) is 0 Å². The van der Waals surface area contributed by atoms with E-state index in [-0.39, 0.29) is 6.04 Å². The lowest BCUT2D eigenvalue weighted by Crippen LogP contribution is -2.42. The van der Waals surface area contributed by atoms with Crippen LogP contribution in [0.15, 0.2) is 18.2 Å². The summed E-state index contributed by atoms with van der Waals surface area (Å²) < 4.78 is 5.25. The molecule has 21 heavy (non-hydrogen) atoms. The molecule has 1 aliphatic carbocycles. The van der Waals surface area contributed by atoms with Crippen LogP contribution >= 0.6 is 0 Å². The summed E-state index contributed by atoms with van der Waals surface area (Å²) in [6.45, 7) is 5.46. The fourth-order valence-electron chi connectivity index (χ4n) is 2.60. The van der Waals surface area contributed by atoms with E-state index >= 15 is 0 Å². The summed E-state index contributed by atoms with van der Waals surface area (Å²) in [4.78, 5) is 23.0. The molecule has 1 aromatic rings. The van der Waals surface area contributed by atoms with Crippen LogP contribution in [-0.2, 0) is 17.6 Å². The molecule has 0 fully saturated rings. The summed E-state index contributed by atoms with van der Waals surface area (Å²) in [7, 11) is 0. The quantitative estimate of drug-likeness (QED) is 0.878. The van der Waals surface area contributed by atoms with Crippen molar-refractivity contribution in [1.82, 2.24) is 5.32 Å². The van der Waals surface area contributed by atoms with E-state index in [4.69, 9.17) is 4.74 Å². The maximum Gasteiger partial charge on any atom is 0.407 e. The first-order chi connectivity index (χ1) is 9.76. The summed E-state index contributed by atoms with van der Waals surface area (Å²) >= 11 is 0. The maximum atomic E-state index is 11.8. The molecule has 0 radical (unpaired) electrons. The van der Waals surface area contributed by atoms with E-state index in [2.05, 4.69) is 5.32 Å². The van der Waals surface area contributed by atoms with Crippen molar-refractivity contribution >= 4 is 12.1 Å². The Morgan fingerprint density at radius 2 is 2.05 bits per heavy atom. The molecule has 0 saturated carbocycles. The molecule has 0 spiro atoms. The summed E-state index contributed by atoms with van der Waals surface area (Å²) in [5.74, 6) is -0.898. The van der Waals surface area contributed by atoms with E-state index in [1.54, 1.807) is 12.1 Å². The molecule has 1 amide bonds. The lowest BCUT2D eigenvalue weighted by atomic mass is 9.85. The molecule has 114 valence electrons. The smallest absolute Gasteiger partial charge is 0.407 e. The second-order valence-corrected chi connectivity index (χ2v) is 6.33. The summed E-state index contributed by atoms with van der Waals surface area (Å²) in [6, 6.07) is 5.28. The highest BCUT2D eigenvalue weighted by atomic mass is 16.6. The van der Waals surface area contributed by atoms with E-state index in [1.807, 2.05) is 26.8 Å². The molecule has 0 aliphatic heterocycles. The van der Waals surface area contributed by atoms with Crippen molar-refractivity contribution in [3.8, 4) is 0 Å². The number of carboxylic acid groups (broad SMARTS) is 1. The molecule has 0 saturated heterocycles. The largest absolute Gasteiger partial charge is 0.478 e. The zero-order valence-corrected chi connectivity index (χ0v) is 12.6. The van der Waals surface area contributed by atoms with Crippen molar-refractivity contribution < 1.29 is 19.4 Å². The van der Waals surface area contributed by atoms with Crippen LogP contribution < -0.4 is 5.32 Å². The zero-order chi connectivity index (χ0) is 15.6. The monoisotopic (exact) mass is 291 g/mol. The van der Waals surface area contributed by atoms with Crippen LogP contribution in [0.2, 0.25) is 0 Å². The van der Waals surface area contributed by atoms with Gasteiger partial charge in [0.15, 0.2) is 0 Å². The predicted molar refractivity (Wildman–Crippen MR) is 78.6 cm³/mol. The van der Waals surface area contributed by atoms with Gasteiger partial charge >= 0.3 is 12.1 Å². The lowest BCUT2D eigenvalue weighted by Gasteiger charge is -2.28. The average molecular weight is 291 g/mol. The Kier molecular flexibility index (Phi) is 4.21. The molecular formula is C16H21NO4. The molecule has 5 nitrogen and oxygen atoms in total. The number of hydrogen-bond donors (Lipinski definition) is 2. The molecule has 1 atom stereocenters. The van der Waals surface area contributed by atoms with E-state index in [0.717, 1.165) is 17.5 Å². The van der Waals surface area contributed by atoms with Crippen LogP contribution in [0, 0.1) is 0 Å². The highest BCUT2D eigenvalue weighted by Gasteiger charge is 2.25.